The number of likely N-dealkylation sites (tertiary alicyclic amines) is 1. The number of rotatable bonds is 11. The molecule has 0 radical (unpaired) electrons. The molecule has 2 aromatic heterocycles. The summed E-state index contributed by atoms with van der Waals surface area (Å²) in [5.41, 5.74) is 5.17. The lowest BCUT2D eigenvalue weighted by Crippen LogP contribution is -2.43. The minimum absolute atomic E-state index is 0.0816. The fraction of sp³-hybridized carbons (Fsp3) is 0.389. The van der Waals surface area contributed by atoms with Crippen LogP contribution in [0.2, 0.25) is 10.0 Å². The fourth-order valence-corrected chi connectivity index (χ4v) is 7.72. The summed E-state index contributed by atoms with van der Waals surface area (Å²) in [6.45, 7) is 3.28. The number of methoxy groups -OCH3 is 2. The number of amides is 2. The summed E-state index contributed by atoms with van der Waals surface area (Å²) >= 11 is 14.2. The van der Waals surface area contributed by atoms with Crippen LogP contribution in [0.5, 0.6) is 11.8 Å². The Morgan fingerprint density at radius 3 is 2.06 bits per heavy atom. The van der Waals surface area contributed by atoms with Gasteiger partial charge in [-0.1, -0.05) is 59.6 Å². The molecule has 3 saturated heterocycles. The maximum Gasteiger partial charge on any atom is 0.237 e. The number of halogens is 2. The summed E-state index contributed by atoms with van der Waals surface area (Å²) in [7, 11) is 3.14. The highest BCUT2D eigenvalue weighted by Crippen LogP contribution is 2.42. The molecular formula is C36H38Cl2N8O4. The molecule has 7 rings (SSSR count). The van der Waals surface area contributed by atoms with Crippen molar-refractivity contribution in [1.29, 1.82) is 0 Å². The van der Waals surface area contributed by atoms with Crippen molar-refractivity contribution in [2.24, 2.45) is 0 Å². The Kier molecular flexibility index (Phi) is 9.87. The van der Waals surface area contributed by atoms with E-state index in [0.29, 0.717) is 82.5 Å². The van der Waals surface area contributed by atoms with Gasteiger partial charge in [-0.3, -0.25) is 24.5 Å². The normalized spacial score (nSPS) is 20.4. The van der Waals surface area contributed by atoms with E-state index in [9.17, 15) is 9.59 Å². The molecule has 3 N–H and O–H groups in total. The second-order valence-electron chi connectivity index (χ2n) is 13.0. The molecule has 3 fully saturated rings. The predicted molar refractivity (Wildman–Crippen MR) is 190 cm³/mol. The highest BCUT2D eigenvalue weighted by Gasteiger charge is 2.43. The average Bonchev–Trinajstić information content (AvgIpc) is 3.84. The Morgan fingerprint density at radius 2 is 1.48 bits per heavy atom. The van der Waals surface area contributed by atoms with Crippen LogP contribution >= 0.6 is 23.2 Å². The van der Waals surface area contributed by atoms with Crippen molar-refractivity contribution >= 4 is 35.0 Å². The molecule has 12 nitrogen and oxygen atoms in total. The van der Waals surface area contributed by atoms with Crippen molar-refractivity contribution in [2.75, 3.05) is 33.9 Å². The zero-order chi connectivity index (χ0) is 34.8. The molecule has 0 bridgehead atoms. The highest BCUT2D eigenvalue weighted by molar-refractivity contribution is 6.39. The van der Waals surface area contributed by atoms with E-state index in [1.54, 1.807) is 26.6 Å². The number of hydrogen-bond acceptors (Lipinski definition) is 10. The largest absolute Gasteiger partial charge is 0.480 e. The minimum Gasteiger partial charge on any atom is -0.480 e. The van der Waals surface area contributed by atoms with E-state index < -0.39 is 0 Å². The van der Waals surface area contributed by atoms with Gasteiger partial charge in [0.05, 0.1) is 53.6 Å². The van der Waals surface area contributed by atoms with E-state index in [-0.39, 0.29) is 23.4 Å². The summed E-state index contributed by atoms with van der Waals surface area (Å²) in [6.07, 6.45) is 7.12. The average molecular weight is 718 g/mol. The molecule has 260 valence electrons. The van der Waals surface area contributed by atoms with Gasteiger partial charge in [0.25, 0.3) is 0 Å². The van der Waals surface area contributed by atoms with Gasteiger partial charge in [-0.05, 0) is 19.3 Å². The van der Waals surface area contributed by atoms with Gasteiger partial charge in [0.1, 0.15) is 11.4 Å². The van der Waals surface area contributed by atoms with Gasteiger partial charge in [0.2, 0.25) is 23.6 Å². The third kappa shape index (κ3) is 6.98. The molecule has 5 heterocycles. The number of aromatic nitrogens is 4. The van der Waals surface area contributed by atoms with Gasteiger partial charge in [-0.15, -0.1) is 0 Å². The standard InChI is InChI=1S/C36H38Cl2N8O4/c1-49-34-28(16-39-15-21-9-10-30(47)42-21)40-17-26(43-34)24-7-3-5-22(32(24)37)23-6-4-8-25(33(23)38)27-18-41-29(35(44-27)50-2)19-46-14-13-36(20-46)12-11-31(48)45-36/h3-8,17-18,21,39H,9-16,19-20H2,1-2H3,(H,42,47)(H,45,48)/t21-,36?/m1/s1. The second-order valence-corrected chi connectivity index (χ2v) is 13.7. The van der Waals surface area contributed by atoms with Crippen LogP contribution < -0.4 is 25.4 Å². The van der Waals surface area contributed by atoms with Crippen LogP contribution in [0.15, 0.2) is 48.8 Å². The van der Waals surface area contributed by atoms with Crippen molar-refractivity contribution in [2.45, 2.75) is 56.8 Å². The van der Waals surface area contributed by atoms with E-state index in [0.717, 1.165) is 49.2 Å². The molecule has 3 aliphatic rings. The van der Waals surface area contributed by atoms with Gasteiger partial charge in [-0.2, -0.15) is 0 Å². The number of nitrogens with one attached hydrogen (secondary N) is 3. The number of ether oxygens (including phenoxy) is 2. The molecule has 2 atom stereocenters. The predicted octanol–water partition coefficient (Wildman–Crippen LogP) is 4.81. The SMILES string of the molecule is COc1nc(-c2cccc(-c3cccc(-c4cnc(CN5CCC6(CCC(=O)N6)C5)c(OC)n4)c3Cl)c2Cl)cnc1CNC[C@H]1CCC(=O)N1. The van der Waals surface area contributed by atoms with Crippen LogP contribution in [0.25, 0.3) is 33.6 Å². The van der Waals surface area contributed by atoms with Gasteiger partial charge in [0, 0.05) is 73.9 Å². The quantitative estimate of drug-likeness (QED) is 0.198. The van der Waals surface area contributed by atoms with Crippen molar-refractivity contribution in [1.82, 2.24) is 40.8 Å². The van der Waals surface area contributed by atoms with E-state index in [1.807, 2.05) is 36.4 Å². The van der Waals surface area contributed by atoms with Crippen LogP contribution in [0.3, 0.4) is 0 Å². The first-order valence-corrected chi connectivity index (χ1v) is 17.4. The Balaban J connectivity index is 1.10. The Morgan fingerprint density at radius 1 is 0.860 bits per heavy atom. The van der Waals surface area contributed by atoms with Crippen LogP contribution in [-0.4, -0.2) is 82.1 Å². The molecule has 1 unspecified atom stereocenters. The summed E-state index contributed by atoms with van der Waals surface area (Å²) in [6, 6.07) is 11.5. The summed E-state index contributed by atoms with van der Waals surface area (Å²) in [5.74, 6) is 1.02. The lowest BCUT2D eigenvalue weighted by Gasteiger charge is -2.24. The highest BCUT2D eigenvalue weighted by atomic mass is 35.5. The molecule has 1 spiro atoms. The maximum atomic E-state index is 11.9. The Hall–Kier alpha value is -4.36. The topological polar surface area (TPSA) is 143 Å². The smallest absolute Gasteiger partial charge is 0.237 e. The number of carbonyl (C=O) groups is 2. The molecule has 0 saturated carbocycles. The molecule has 14 heteroatoms. The molecule has 2 amide bonds. The first-order chi connectivity index (χ1) is 24.3. The van der Waals surface area contributed by atoms with Gasteiger partial charge in [0.15, 0.2) is 0 Å². The summed E-state index contributed by atoms with van der Waals surface area (Å²) < 4.78 is 11.3. The van der Waals surface area contributed by atoms with Gasteiger partial charge in [-0.25, -0.2) is 9.97 Å². The Labute approximate surface area is 300 Å². The number of benzene rings is 2. The second kappa shape index (κ2) is 14.5. The van der Waals surface area contributed by atoms with Crippen LogP contribution in [0.1, 0.15) is 43.5 Å². The molecular weight excluding hydrogens is 679 g/mol. The summed E-state index contributed by atoms with van der Waals surface area (Å²) in [5, 5.41) is 10.4. The van der Waals surface area contributed by atoms with Crippen molar-refractivity contribution in [3.63, 3.8) is 0 Å². The van der Waals surface area contributed by atoms with Crippen LogP contribution in [-0.2, 0) is 22.7 Å². The fourth-order valence-electron chi connectivity index (χ4n) is 7.07. The van der Waals surface area contributed by atoms with Crippen molar-refractivity contribution in [3.05, 3.63) is 70.2 Å². The summed E-state index contributed by atoms with van der Waals surface area (Å²) in [4.78, 5) is 44.6. The molecule has 50 heavy (non-hydrogen) atoms. The van der Waals surface area contributed by atoms with Crippen LogP contribution in [0, 0.1) is 0 Å². The van der Waals surface area contributed by atoms with E-state index in [1.165, 1.54) is 0 Å². The third-order valence-corrected chi connectivity index (χ3v) is 10.5. The molecule has 3 aliphatic heterocycles. The molecule has 2 aromatic carbocycles. The van der Waals surface area contributed by atoms with E-state index in [4.69, 9.17) is 47.6 Å². The lowest BCUT2D eigenvalue weighted by atomic mass is 9.97. The van der Waals surface area contributed by atoms with Crippen molar-refractivity contribution < 1.29 is 19.1 Å². The zero-order valence-corrected chi connectivity index (χ0v) is 29.4. The minimum atomic E-state index is -0.138. The molecule has 0 aliphatic carbocycles. The first-order valence-electron chi connectivity index (χ1n) is 16.7. The molecule has 4 aromatic rings. The number of nitrogens with zero attached hydrogens (tertiary/aromatic N) is 5. The number of carbonyl (C=O) groups excluding carboxylic acids is 2. The van der Waals surface area contributed by atoms with Crippen LogP contribution in [0.4, 0.5) is 0 Å². The van der Waals surface area contributed by atoms with Gasteiger partial charge < -0.3 is 25.4 Å². The maximum absolute atomic E-state index is 11.9. The zero-order valence-electron chi connectivity index (χ0n) is 27.9. The first kappa shape index (κ1) is 34.1. The lowest BCUT2D eigenvalue weighted by molar-refractivity contribution is -0.120. The van der Waals surface area contributed by atoms with E-state index in [2.05, 4.69) is 25.8 Å². The monoisotopic (exact) mass is 716 g/mol. The Bertz CT molecular complexity index is 1940. The third-order valence-electron chi connectivity index (χ3n) is 9.66. The van der Waals surface area contributed by atoms with Gasteiger partial charge >= 0.3 is 0 Å². The number of hydrogen-bond donors (Lipinski definition) is 3. The van der Waals surface area contributed by atoms with E-state index >= 15 is 0 Å². The van der Waals surface area contributed by atoms with Crippen molar-refractivity contribution in [3.8, 4) is 45.4 Å².